The van der Waals surface area contributed by atoms with Crippen LogP contribution in [0.25, 0.3) is 0 Å². The summed E-state index contributed by atoms with van der Waals surface area (Å²) in [6, 6.07) is 2.40. The Labute approximate surface area is 93.5 Å². The minimum Gasteiger partial charge on any atom is -0.392 e. The van der Waals surface area contributed by atoms with Gasteiger partial charge < -0.3 is 10.0 Å². The molecule has 0 spiro atoms. The first-order valence-corrected chi connectivity index (χ1v) is 5.56. The molecule has 1 aliphatic rings. The van der Waals surface area contributed by atoms with Crippen LogP contribution in [0, 0.1) is 11.6 Å². The molecule has 1 aromatic rings. The summed E-state index contributed by atoms with van der Waals surface area (Å²) in [6.07, 6.45) is 3.07. The van der Waals surface area contributed by atoms with Crippen molar-refractivity contribution in [2.24, 2.45) is 0 Å². The fraction of sp³-hybridized carbons (Fsp3) is 0.500. The monoisotopic (exact) mass is 227 g/mol. The maximum absolute atomic E-state index is 13.7. The summed E-state index contributed by atoms with van der Waals surface area (Å²) in [5.74, 6) is -1.16. The summed E-state index contributed by atoms with van der Waals surface area (Å²) in [5.41, 5.74) is 0.327. The van der Waals surface area contributed by atoms with E-state index >= 15 is 0 Å². The highest BCUT2D eigenvalue weighted by atomic mass is 19.1. The maximum Gasteiger partial charge on any atom is 0.149 e. The minimum absolute atomic E-state index is 0.0527. The molecule has 0 atom stereocenters. The standard InChI is InChI=1S/C12H15F2NO/c13-10-6-9(8-16)7-11(14)12(10)15-4-2-1-3-5-15/h6-7,16H,1-5,8H2. The van der Waals surface area contributed by atoms with Gasteiger partial charge in [0.25, 0.3) is 0 Å². The van der Waals surface area contributed by atoms with Crippen LogP contribution in [-0.4, -0.2) is 18.2 Å². The van der Waals surface area contributed by atoms with Crippen molar-refractivity contribution in [1.82, 2.24) is 0 Å². The molecule has 1 saturated heterocycles. The van der Waals surface area contributed by atoms with Crippen molar-refractivity contribution in [1.29, 1.82) is 0 Å². The van der Waals surface area contributed by atoms with E-state index in [1.165, 1.54) is 12.1 Å². The van der Waals surface area contributed by atoms with Crippen molar-refractivity contribution in [2.75, 3.05) is 18.0 Å². The number of rotatable bonds is 2. The van der Waals surface area contributed by atoms with Gasteiger partial charge in [-0.2, -0.15) is 0 Å². The molecular formula is C12H15F2NO. The predicted molar refractivity (Wildman–Crippen MR) is 58.3 cm³/mol. The summed E-state index contributed by atoms with van der Waals surface area (Å²) in [4.78, 5) is 1.75. The van der Waals surface area contributed by atoms with Gasteiger partial charge in [-0.25, -0.2) is 8.78 Å². The van der Waals surface area contributed by atoms with Crippen LogP contribution >= 0.6 is 0 Å². The van der Waals surface area contributed by atoms with Crippen molar-refractivity contribution in [3.8, 4) is 0 Å². The van der Waals surface area contributed by atoms with Crippen molar-refractivity contribution in [3.63, 3.8) is 0 Å². The first-order chi connectivity index (χ1) is 7.72. The molecule has 1 heterocycles. The van der Waals surface area contributed by atoms with E-state index < -0.39 is 11.6 Å². The molecular weight excluding hydrogens is 212 g/mol. The van der Waals surface area contributed by atoms with Gasteiger partial charge in [0.2, 0.25) is 0 Å². The number of aliphatic hydroxyl groups is 1. The van der Waals surface area contributed by atoms with Crippen molar-refractivity contribution < 1.29 is 13.9 Å². The van der Waals surface area contributed by atoms with E-state index in [0.29, 0.717) is 13.1 Å². The van der Waals surface area contributed by atoms with E-state index in [1.54, 1.807) is 4.90 Å². The second kappa shape index (κ2) is 4.78. The fourth-order valence-corrected chi connectivity index (χ4v) is 2.13. The van der Waals surface area contributed by atoms with Crippen molar-refractivity contribution >= 4 is 5.69 Å². The second-order valence-electron chi connectivity index (χ2n) is 4.11. The van der Waals surface area contributed by atoms with Gasteiger partial charge in [0.05, 0.1) is 6.61 Å². The Hall–Kier alpha value is -1.16. The average Bonchev–Trinajstić information content (AvgIpc) is 2.29. The molecule has 1 N–H and O–H groups in total. The zero-order valence-electron chi connectivity index (χ0n) is 9.05. The number of aliphatic hydroxyl groups excluding tert-OH is 1. The Kier molecular flexibility index (Phi) is 3.39. The summed E-state index contributed by atoms with van der Waals surface area (Å²) in [7, 11) is 0. The number of hydrogen-bond donors (Lipinski definition) is 1. The predicted octanol–water partition coefficient (Wildman–Crippen LogP) is 2.45. The lowest BCUT2D eigenvalue weighted by Crippen LogP contribution is -2.31. The SMILES string of the molecule is OCc1cc(F)c(N2CCCCC2)c(F)c1. The molecule has 0 amide bonds. The third-order valence-corrected chi connectivity index (χ3v) is 2.93. The van der Waals surface area contributed by atoms with E-state index in [-0.39, 0.29) is 17.9 Å². The Bertz CT molecular complexity index is 352. The first-order valence-electron chi connectivity index (χ1n) is 5.56. The summed E-state index contributed by atoms with van der Waals surface area (Å²) in [6.45, 7) is 1.06. The third kappa shape index (κ3) is 2.16. The summed E-state index contributed by atoms with van der Waals surface area (Å²) < 4.78 is 27.4. The Morgan fingerprint density at radius 3 is 2.12 bits per heavy atom. The van der Waals surface area contributed by atoms with Crippen LogP contribution in [0.2, 0.25) is 0 Å². The molecule has 4 heteroatoms. The maximum atomic E-state index is 13.7. The number of nitrogens with zero attached hydrogens (tertiary/aromatic N) is 1. The molecule has 1 fully saturated rings. The van der Waals surface area contributed by atoms with Crippen LogP contribution in [0.3, 0.4) is 0 Å². The van der Waals surface area contributed by atoms with E-state index in [0.717, 1.165) is 19.3 Å². The van der Waals surface area contributed by atoms with Gasteiger partial charge in [-0.3, -0.25) is 0 Å². The second-order valence-corrected chi connectivity index (χ2v) is 4.11. The highest BCUT2D eigenvalue weighted by molar-refractivity contribution is 5.50. The molecule has 0 aromatic heterocycles. The van der Waals surface area contributed by atoms with Crippen molar-refractivity contribution in [3.05, 3.63) is 29.3 Å². The fourth-order valence-electron chi connectivity index (χ4n) is 2.13. The van der Waals surface area contributed by atoms with Gasteiger partial charge in [0, 0.05) is 13.1 Å². The number of halogens is 2. The largest absolute Gasteiger partial charge is 0.392 e. The van der Waals surface area contributed by atoms with Crippen LogP contribution in [0.5, 0.6) is 0 Å². The Morgan fingerprint density at radius 1 is 1.06 bits per heavy atom. The molecule has 88 valence electrons. The lowest BCUT2D eigenvalue weighted by atomic mass is 10.1. The molecule has 2 nitrogen and oxygen atoms in total. The summed E-state index contributed by atoms with van der Waals surface area (Å²) >= 11 is 0. The lowest BCUT2D eigenvalue weighted by Gasteiger charge is -2.29. The quantitative estimate of drug-likeness (QED) is 0.838. The number of anilines is 1. The number of piperidine rings is 1. The molecule has 1 aliphatic heterocycles. The highest BCUT2D eigenvalue weighted by Gasteiger charge is 2.19. The smallest absolute Gasteiger partial charge is 0.149 e. The molecule has 2 rings (SSSR count). The number of benzene rings is 1. The van der Waals surface area contributed by atoms with E-state index in [4.69, 9.17) is 5.11 Å². The van der Waals surface area contributed by atoms with Crippen LogP contribution < -0.4 is 4.90 Å². The van der Waals surface area contributed by atoms with Gasteiger partial charge in [0.15, 0.2) is 0 Å². The summed E-state index contributed by atoms with van der Waals surface area (Å²) in [5, 5.41) is 8.84. The zero-order valence-corrected chi connectivity index (χ0v) is 9.05. The molecule has 0 bridgehead atoms. The van der Waals surface area contributed by atoms with Crippen LogP contribution in [-0.2, 0) is 6.61 Å². The van der Waals surface area contributed by atoms with Crippen LogP contribution in [0.15, 0.2) is 12.1 Å². The molecule has 1 aromatic carbocycles. The van der Waals surface area contributed by atoms with Crippen molar-refractivity contribution in [2.45, 2.75) is 25.9 Å². The Morgan fingerprint density at radius 2 is 1.62 bits per heavy atom. The zero-order chi connectivity index (χ0) is 11.5. The normalized spacial score (nSPS) is 16.6. The van der Waals surface area contributed by atoms with E-state index in [1.807, 2.05) is 0 Å². The third-order valence-electron chi connectivity index (χ3n) is 2.93. The molecule has 0 saturated carbocycles. The van der Waals surface area contributed by atoms with Gasteiger partial charge in [-0.15, -0.1) is 0 Å². The molecule has 0 aliphatic carbocycles. The lowest BCUT2D eigenvalue weighted by molar-refractivity contribution is 0.280. The molecule has 16 heavy (non-hydrogen) atoms. The van der Waals surface area contributed by atoms with Gasteiger partial charge in [0.1, 0.15) is 17.3 Å². The van der Waals surface area contributed by atoms with Gasteiger partial charge in [-0.1, -0.05) is 0 Å². The Balaban J connectivity index is 2.32. The number of hydrogen-bond acceptors (Lipinski definition) is 2. The average molecular weight is 227 g/mol. The van der Waals surface area contributed by atoms with E-state index in [2.05, 4.69) is 0 Å². The minimum atomic E-state index is -0.578. The van der Waals surface area contributed by atoms with Gasteiger partial charge >= 0.3 is 0 Å². The van der Waals surface area contributed by atoms with Gasteiger partial charge in [-0.05, 0) is 37.0 Å². The molecule has 0 radical (unpaired) electrons. The van der Waals surface area contributed by atoms with Crippen LogP contribution in [0.4, 0.5) is 14.5 Å². The molecule has 0 unspecified atom stereocenters. The van der Waals surface area contributed by atoms with E-state index in [9.17, 15) is 8.78 Å². The van der Waals surface area contributed by atoms with Crippen LogP contribution in [0.1, 0.15) is 24.8 Å². The topological polar surface area (TPSA) is 23.5 Å². The first kappa shape index (κ1) is 11.3. The highest BCUT2D eigenvalue weighted by Crippen LogP contribution is 2.27.